The maximum atomic E-state index is 12.9. The van der Waals surface area contributed by atoms with E-state index < -0.39 is 10.0 Å². The molecule has 0 atom stereocenters. The van der Waals surface area contributed by atoms with Gasteiger partial charge < -0.3 is 5.32 Å². The van der Waals surface area contributed by atoms with E-state index in [4.69, 9.17) is 0 Å². The Balaban J connectivity index is 1.69. The molecular formula is C21H23N3O3S. The van der Waals surface area contributed by atoms with Gasteiger partial charge in [0.25, 0.3) is 0 Å². The van der Waals surface area contributed by atoms with Crippen LogP contribution < -0.4 is 5.32 Å². The molecule has 3 rings (SSSR count). The molecular weight excluding hydrogens is 374 g/mol. The van der Waals surface area contributed by atoms with Gasteiger partial charge in [0, 0.05) is 24.7 Å². The minimum Gasteiger partial charge on any atom is -0.325 e. The lowest BCUT2D eigenvalue weighted by Gasteiger charge is -2.31. The third kappa shape index (κ3) is 3.93. The number of nitrogens with zero attached hydrogens (tertiary/aromatic N) is 2. The number of carbonyl (C=O) groups is 1. The van der Waals surface area contributed by atoms with Gasteiger partial charge in [-0.3, -0.25) is 4.79 Å². The van der Waals surface area contributed by atoms with Gasteiger partial charge in [-0.15, -0.1) is 0 Å². The molecule has 2 aromatic carbocycles. The number of nitriles is 1. The van der Waals surface area contributed by atoms with Crippen LogP contribution in [0.1, 0.15) is 29.5 Å². The molecule has 0 spiro atoms. The lowest BCUT2D eigenvalue weighted by molar-refractivity contribution is -0.120. The lowest BCUT2D eigenvalue weighted by atomic mass is 9.96. The Kier molecular flexibility index (Phi) is 5.82. The smallest absolute Gasteiger partial charge is 0.244 e. The topological polar surface area (TPSA) is 90.3 Å². The molecule has 28 heavy (non-hydrogen) atoms. The summed E-state index contributed by atoms with van der Waals surface area (Å²) >= 11 is 0. The Morgan fingerprint density at radius 1 is 1.07 bits per heavy atom. The van der Waals surface area contributed by atoms with Gasteiger partial charge in [-0.25, -0.2) is 8.42 Å². The average Bonchev–Trinajstić information content (AvgIpc) is 2.70. The first-order valence-corrected chi connectivity index (χ1v) is 10.6. The summed E-state index contributed by atoms with van der Waals surface area (Å²) in [5, 5.41) is 12.2. The molecule has 0 radical (unpaired) electrons. The lowest BCUT2D eigenvalue weighted by Crippen LogP contribution is -2.41. The first kappa shape index (κ1) is 20.1. The van der Waals surface area contributed by atoms with Crippen LogP contribution in [0.5, 0.6) is 0 Å². The van der Waals surface area contributed by atoms with Crippen molar-refractivity contribution in [2.24, 2.45) is 5.92 Å². The molecule has 1 saturated heterocycles. The highest BCUT2D eigenvalue weighted by molar-refractivity contribution is 7.89. The SMILES string of the molecule is Cc1cccc(C)c1NC(=O)C1CCN(S(=O)(=O)c2ccccc2C#N)CC1. The van der Waals surface area contributed by atoms with Crippen LogP contribution in [-0.4, -0.2) is 31.7 Å². The highest BCUT2D eigenvalue weighted by Crippen LogP contribution is 2.27. The number of amides is 1. The number of aryl methyl sites for hydroxylation is 2. The van der Waals surface area contributed by atoms with Crippen LogP contribution in [0, 0.1) is 31.1 Å². The molecule has 1 aliphatic rings. The van der Waals surface area contributed by atoms with Crippen LogP contribution in [0.4, 0.5) is 5.69 Å². The molecule has 1 heterocycles. The number of carbonyl (C=O) groups excluding carboxylic acids is 1. The van der Waals surface area contributed by atoms with E-state index in [0.29, 0.717) is 12.8 Å². The van der Waals surface area contributed by atoms with Gasteiger partial charge in [0.15, 0.2) is 0 Å². The average molecular weight is 398 g/mol. The van der Waals surface area contributed by atoms with Gasteiger partial charge >= 0.3 is 0 Å². The fourth-order valence-electron chi connectivity index (χ4n) is 3.52. The molecule has 1 N–H and O–H groups in total. The number of hydrogen-bond donors (Lipinski definition) is 1. The molecule has 1 aliphatic heterocycles. The van der Waals surface area contributed by atoms with E-state index in [9.17, 15) is 18.5 Å². The molecule has 146 valence electrons. The summed E-state index contributed by atoms with van der Waals surface area (Å²) in [6.07, 6.45) is 0.898. The third-order valence-corrected chi connectivity index (χ3v) is 7.14. The van der Waals surface area contributed by atoms with Gasteiger partial charge in [-0.1, -0.05) is 30.3 Å². The zero-order valence-corrected chi connectivity index (χ0v) is 16.8. The van der Waals surface area contributed by atoms with E-state index in [2.05, 4.69) is 5.32 Å². The number of nitrogens with one attached hydrogen (secondary N) is 1. The molecule has 2 aromatic rings. The van der Waals surface area contributed by atoms with Crippen LogP contribution in [0.15, 0.2) is 47.4 Å². The molecule has 0 unspecified atom stereocenters. The molecule has 0 aliphatic carbocycles. The number of hydrogen-bond acceptors (Lipinski definition) is 4. The summed E-state index contributed by atoms with van der Waals surface area (Å²) in [7, 11) is -3.75. The Morgan fingerprint density at radius 2 is 1.68 bits per heavy atom. The van der Waals surface area contributed by atoms with Crippen molar-refractivity contribution in [1.29, 1.82) is 5.26 Å². The molecule has 1 amide bonds. The van der Waals surface area contributed by atoms with Crippen molar-refractivity contribution in [3.63, 3.8) is 0 Å². The van der Waals surface area contributed by atoms with Gasteiger partial charge in [-0.2, -0.15) is 9.57 Å². The summed E-state index contributed by atoms with van der Waals surface area (Å²) in [6, 6.07) is 14.0. The second-order valence-electron chi connectivity index (χ2n) is 7.04. The quantitative estimate of drug-likeness (QED) is 0.858. The number of piperidine rings is 1. The highest BCUT2D eigenvalue weighted by atomic mass is 32.2. The molecule has 7 heteroatoms. The van der Waals surface area contributed by atoms with Crippen molar-refractivity contribution >= 4 is 21.6 Å². The summed E-state index contributed by atoms with van der Waals surface area (Å²) in [5.74, 6) is -0.316. The number of rotatable bonds is 4. The summed E-state index contributed by atoms with van der Waals surface area (Å²) in [4.78, 5) is 12.7. The zero-order valence-electron chi connectivity index (χ0n) is 16.0. The van der Waals surface area contributed by atoms with Crippen LogP contribution in [0.25, 0.3) is 0 Å². The van der Waals surface area contributed by atoms with E-state index in [1.54, 1.807) is 12.1 Å². The van der Waals surface area contributed by atoms with Crippen LogP contribution in [-0.2, 0) is 14.8 Å². The molecule has 1 fully saturated rings. The summed E-state index contributed by atoms with van der Waals surface area (Å²) < 4.78 is 27.2. The van der Waals surface area contributed by atoms with E-state index in [-0.39, 0.29) is 35.4 Å². The first-order chi connectivity index (χ1) is 13.3. The predicted molar refractivity (Wildman–Crippen MR) is 107 cm³/mol. The predicted octanol–water partition coefficient (Wildman–Crippen LogP) is 3.21. The van der Waals surface area contributed by atoms with Crippen LogP contribution in [0.2, 0.25) is 0 Å². The van der Waals surface area contributed by atoms with Crippen molar-refractivity contribution in [2.75, 3.05) is 18.4 Å². The number of anilines is 1. The fourth-order valence-corrected chi connectivity index (χ4v) is 5.13. The summed E-state index contributed by atoms with van der Waals surface area (Å²) in [5.41, 5.74) is 2.96. The fraction of sp³-hybridized carbons (Fsp3) is 0.333. The molecule has 0 bridgehead atoms. The number of sulfonamides is 1. The second kappa shape index (κ2) is 8.13. The largest absolute Gasteiger partial charge is 0.325 e. The van der Waals surface area contributed by atoms with Crippen molar-refractivity contribution in [1.82, 2.24) is 4.31 Å². The van der Waals surface area contributed by atoms with E-state index >= 15 is 0 Å². The van der Waals surface area contributed by atoms with E-state index in [1.807, 2.05) is 38.1 Å². The van der Waals surface area contributed by atoms with E-state index in [0.717, 1.165) is 16.8 Å². The van der Waals surface area contributed by atoms with Gasteiger partial charge in [0.05, 0.1) is 10.5 Å². The Bertz CT molecular complexity index is 1010. The Labute approximate surface area is 165 Å². The van der Waals surface area contributed by atoms with Gasteiger partial charge in [0.1, 0.15) is 6.07 Å². The maximum absolute atomic E-state index is 12.9. The van der Waals surface area contributed by atoms with Crippen LogP contribution in [0.3, 0.4) is 0 Å². The molecule has 0 saturated carbocycles. The standard InChI is InChI=1S/C21H23N3O3S/c1-15-6-5-7-16(2)20(15)23-21(25)17-10-12-24(13-11-17)28(26,27)19-9-4-3-8-18(19)14-22/h3-9,17H,10-13H2,1-2H3,(H,23,25). The van der Waals surface area contributed by atoms with Crippen LogP contribution >= 0.6 is 0 Å². The number of benzene rings is 2. The monoisotopic (exact) mass is 397 g/mol. The molecule has 0 aromatic heterocycles. The van der Waals surface area contributed by atoms with Crippen molar-refractivity contribution in [3.05, 3.63) is 59.2 Å². The maximum Gasteiger partial charge on any atom is 0.244 e. The summed E-state index contributed by atoms with van der Waals surface area (Å²) in [6.45, 7) is 4.41. The first-order valence-electron chi connectivity index (χ1n) is 9.21. The minimum absolute atomic E-state index is 0.0240. The number of para-hydroxylation sites is 1. The van der Waals surface area contributed by atoms with Crippen molar-refractivity contribution < 1.29 is 13.2 Å². The van der Waals surface area contributed by atoms with Crippen molar-refractivity contribution in [2.45, 2.75) is 31.6 Å². The Morgan fingerprint density at radius 3 is 2.29 bits per heavy atom. The van der Waals surface area contributed by atoms with Crippen molar-refractivity contribution in [3.8, 4) is 6.07 Å². The highest BCUT2D eigenvalue weighted by Gasteiger charge is 2.33. The van der Waals surface area contributed by atoms with Gasteiger partial charge in [0.2, 0.25) is 15.9 Å². The van der Waals surface area contributed by atoms with Gasteiger partial charge in [-0.05, 0) is 49.9 Å². The zero-order chi connectivity index (χ0) is 20.3. The normalized spacial score (nSPS) is 15.8. The Hall–Kier alpha value is -2.69. The second-order valence-corrected chi connectivity index (χ2v) is 8.95. The van der Waals surface area contributed by atoms with E-state index in [1.165, 1.54) is 16.4 Å². The molecule has 6 nitrogen and oxygen atoms in total. The minimum atomic E-state index is -3.75. The third-order valence-electron chi connectivity index (χ3n) is 5.18.